The number of hydrogen-bond donors (Lipinski definition) is 1. The third kappa shape index (κ3) is 3.31. The van der Waals surface area contributed by atoms with Crippen LogP contribution in [-0.2, 0) is 6.54 Å². The standard InChI is InChI=1S/C14H11F3N2O2/c1-8-2-3-13(11(16)4-8)18-7-9-5-14(19(20)21)12(17)6-10(9)15/h2-6,18H,7H2,1H3. The Morgan fingerprint density at radius 3 is 2.43 bits per heavy atom. The Hall–Kier alpha value is -2.57. The van der Waals surface area contributed by atoms with Crippen molar-refractivity contribution in [2.45, 2.75) is 13.5 Å². The Balaban J connectivity index is 2.23. The fourth-order valence-corrected chi connectivity index (χ4v) is 1.81. The Morgan fingerprint density at radius 1 is 1.10 bits per heavy atom. The average molecular weight is 296 g/mol. The molecule has 0 unspecified atom stereocenters. The predicted octanol–water partition coefficient (Wildman–Crippen LogP) is 3.93. The van der Waals surface area contributed by atoms with Gasteiger partial charge < -0.3 is 5.32 Å². The molecule has 2 rings (SSSR count). The first-order valence-corrected chi connectivity index (χ1v) is 6.01. The van der Waals surface area contributed by atoms with E-state index in [4.69, 9.17) is 0 Å². The van der Waals surface area contributed by atoms with E-state index in [-0.39, 0.29) is 17.8 Å². The number of halogens is 3. The van der Waals surface area contributed by atoms with E-state index in [0.717, 1.165) is 11.6 Å². The van der Waals surface area contributed by atoms with E-state index in [9.17, 15) is 23.3 Å². The van der Waals surface area contributed by atoms with Gasteiger partial charge in [0.15, 0.2) is 0 Å². The van der Waals surface area contributed by atoms with E-state index in [1.165, 1.54) is 12.1 Å². The number of nitrogens with one attached hydrogen (secondary N) is 1. The summed E-state index contributed by atoms with van der Waals surface area (Å²) in [6.45, 7) is 1.52. The summed E-state index contributed by atoms with van der Waals surface area (Å²) in [6.07, 6.45) is 0. The van der Waals surface area contributed by atoms with Gasteiger partial charge in [-0.25, -0.2) is 8.78 Å². The summed E-state index contributed by atoms with van der Waals surface area (Å²) in [4.78, 5) is 9.67. The molecule has 2 aromatic carbocycles. The summed E-state index contributed by atoms with van der Waals surface area (Å²) in [5.41, 5.74) is -0.0886. The summed E-state index contributed by atoms with van der Waals surface area (Å²) in [7, 11) is 0. The highest BCUT2D eigenvalue weighted by Crippen LogP contribution is 2.23. The van der Waals surface area contributed by atoms with Crippen LogP contribution in [0.2, 0.25) is 0 Å². The average Bonchev–Trinajstić information content (AvgIpc) is 2.39. The maximum Gasteiger partial charge on any atom is 0.305 e. The maximum atomic E-state index is 13.6. The Kier molecular flexibility index (Phi) is 4.11. The molecule has 0 aromatic heterocycles. The van der Waals surface area contributed by atoms with Gasteiger partial charge in [0, 0.05) is 24.2 Å². The molecule has 21 heavy (non-hydrogen) atoms. The van der Waals surface area contributed by atoms with Crippen molar-refractivity contribution in [3.05, 3.63) is 69.0 Å². The zero-order valence-corrected chi connectivity index (χ0v) is 11.0. The topological polar surface area (TPSA) is 55.2 Å². The highest BCUT2D eigenvalue weighted by atomic mass is 19.1. The molecule has 0 aliphatic heterocycles. The molecule has 0 saturated carbocycles. The van der Waals surface area contributed by atoms with Crippen LogP contribution in [0.3, 0.4) is 0 Å². The first kappa shape index (κ1) is 14.8. The minimum absolute atomic E-state index is 0.122. The van der Waals surface area contributed by atoms with Crippen LogP contribution in [0.4, 0.5) is 24.5 Å². The molecule has 0 amide bonds. The molecular weight excluding hydrogens is 285 g/mol. The zero-order chi connectivity index (χ0) is 15.6. The second kappa shape index (κ2) is 5.82. The van der Waals surface area contributed by atoms with Crippen molar-refractivity contribution in [1.29, 1.82) is 0 Å². The van der Waals surface area contributed by atoms with Crippen LogP contribution in [-0.4, -0.2) is 4.92 Å². The molecule has 0 radical (unpaired) electrons. The van der Waals surface area contributed by atoms with E-state index >= 15 is 0 Å². The van der Waals surface area contributed by atoms with E-state index in [1.807, 2.05) is 0 Å². The minimum Gasteiger partial charge on any atom is -0.378 e. The second-order valence-electron chi connectivity index (χ2n) is 4.49. The number of nitro groups is 1. The molecule has 0 spiro atoms. The maximum absolute atomic E-state index is 13.6. The molecule has 2 aromatic rings. The number of anilines is 1. The Labute approximate surface area is 118 Å². The molecule has 4 nitrogen and oxygen atoms in total. The summed E-state index contributed by atoms with van der Waals surface area (Å²) in [5.74, 6) is -2.70. The zero-order valence-electron chi connectivity index (χ0n) is 11.0. The van der Waals surface area contributed by atoms with Crippen LogP contribution in [0, 0.1) is 34.5 Å². The van der Waals surface area contributed by atoms with Crippen LogP contribution >= 0.6 is 0 Å². The van der Waals surface area contributed by atoms with Gasteiger partial charge in [-0.15, -0.1) is 0 Å². The normalized spacial score (nSPS) is 10.5. The quantitative estimate of drug-likeness (QED) is 0.687. The Morgan fingerprint density at radius 2 is 1.81 bits per heavy atom. The molecule has 110 valence electrons. The van der Waals surface area contributed by atoms with Crippen LogP contribution < -0.4 is 5.32 Å². The molecular formula is C14H11F3N2O2. The van der Waals surface area contributed by atoms with E-state index in [2.05, 4.69) is 5.32 Å². The summed E-state index contributed by atoms with van der Waals surface area (Å²) in [6, 6.07) is 5.67. The van der Waals surface area contributed by atoms with E-state index in [1.54, 1.807) is 13.0 Å². The van der Waals surface area contributed by atoms with Crippen molar-refractivity contribution in [3.63, 3.8) is 0 Å². The highest BCUT2D eigenvalue weighted by molar-refractivity contribution is 5.47. The van der Waals surface area contributed by atoms with Gasteiger partial charge in [-0.2, -0.15) is 4.39 Å². The molecule has 0 aliphatic rings. The first-order chi connectivity index (χ1) is 9.88. The van der Waals surface area contributed by atoms with E-state index in [0.29, 0.717) is 6.07 Å². The SMILES string of the molecule is Cc1ccc(NCc2cc([N+](=O)[O-])c(F)cc2F)c(F)c1. The Bertz CT molecular complexity index is 705. The highest BCUT2D eigenvalue weighted by Gasteiger charge is 2.18. The van der Waals surface area contributed by atoms with Crippen molar-refractivity contribution in [2.24, 2.45) is 0 Å². The number of hydrogen-bond acceptors (Lipinski definition) is 3. The van der Waals surface area contributed by atoms with Crippen molar-refractivity contribution in [3.8, 4) is 0 Å². The van der Waals surface area contributed by atoms with Gasteiger partial charge in [0.25, 0.3) is 0 Å². The molecule has 0 atom stereocenters. The number of nitrogens with zero attached hydrogens (tertiary/aromatic N) is 1. The molecule has 7 heteroatoms. The molecule has 0 fully saturated rings. The van der Waals surface area contributed by atoms with Gasteiger partial charge >= 0.3 is 5.69 Å². The van der Waals surface area contributed by atoms with E-state index < -0.39 is 28.1 Å². The van der Waals surface area contributed by atoms with Crippen LogP contribution in [0.15, 0.2) is 30.3 Å². The van der Waals surface area contributed by atoms with Gasteiger partial charge in [0.1, 0.15) is 11.6 Å². The smallest absolute Gasteiger partial charge is 0.305 e. The van der Waals surface area contributed by atoms with Gasteiger partial charge in [0.05, 0.1) is 10.6 Å². The summed E-state index contributed by atoms with van der Waals surface area (Å²) >= 11 is 0. The molecule has 0 saturated heterocycles. The van der Waals surface area contributed by atoms with Crippen molar-refractivity contribution in [1.82, 2.24) is 0 Å². The summed E-state index contributed by atoms with van der Waals surface area (Å²) < 4.78 is 40.4. The van der Waals surface area contributed by atoms with Crippen LogP contribution in [0.25, 0.3) is 0 Å². The summed E-state index contributed by atoms with van der Waals surface area (Å²) in [5, 5.41) is 13.2. The lowest BCUT2D eigenvalue weighted by atomic mass is 10.1. The van der Waals surface area contributed by atoms with Gasteiger partial charge in [-0.1, -0.05) is 6.07 Å². The van der Waals surface area contributed by atoms with Gasteiger partial charge in [-0.05, 0) is 24.6 Å². The third-order valence-electron chi connectivity index (χ3n) is 2.91. The lowest BCUT2D eigenvalue weighted by Crippen LogP contribution is -2.05. The number of rotatable bonds is 4. The van der Waals surface area contributed by atoms with Crippen LogP contribution in [0.5, 0.6) is 0 Å². The molecule has 0 bridgehead atoms. The second-order valence-corrected chi connectivity index (χ2v) is 4.49. The minimum atomic E-state index is -1.25. The number of aryl methyl sites for hydroxylation is 1. The number of benzene rings is 2. The third-order valence-corrected chi connectivity index (χ3v) is 2.91. The first-order valence-electron chi connectivity index (χ1n) is 6.01. The number of nitro benzene ring substituents is 1. The lowest BCUT2D eigenvalue weighted by Gasteiger charge is -2.09. The monoisotopic (exact) mass is 296 g/mol. The van der Waals surface area contributed by atoms with Gasteiger partial charge in [0.2, 0.25) is 5.82 Å². The van der Waals surface area contributed by atoms with Gasteiger partial charge in [-0.3, -0.25) is 10.1 Å². The van der Waals surface area contributed by atoms with Crippen molar-refractivity contribution < 1.29 is 18.1 Å². The predicted molar refractivity (Wildman–Crippen MR) is 71.5 cm³/mol. The lowest BCUT2D eigenvalue weighted by molar-refractivity contribution is -0.387. The fourth-order valence-electron chi connectivity index (χ4n) is 1.81. The molecule has 0 aliphatic carbocycles. The molecule has 1 N–H and O–H groups in total. The van der Waals surface area contributed by atoms with Crippen molar-refractivity contribution >= 4 is 11.4 Å². The molecule has 0 heterocycles. The largest absolute Gasteiger partial charge is 0.378 e. The van der Waals surface area contributed by atoms with Crippen molar-refractivity contribution in [2.75, 3.05) is 5.32 Å². The fraction of sp³-hybridized carbons (Fsp3) is 0.143. The van der Waals surface area contributed by atoms with Crippen LogP contribution in [0.1, 0.15) is 11.1 Å².